The highest BCUT2D eigenvalue weighted by molar-refractivity contribution is 4.84. The van der Waals surface area contributed by atoms with Gasteiger partial charge < -0.3 is 25.2 Å². The fourth-order valence-electron chi connectivity index (χ4n) is 0.880. The predicted octanol–water partition coefficient (Wildman–Crippen LogP) is -2.58. The molecule has 5 heteroatoms. The van der Waals surface area contributed by atoms with Crippen molar-refractivity contribution in [2.75, 3.05) is 6.61 Å². The lowest BCUT2D eigenvalue weighted by atomic mass is 11.1. The first-order valence-corrected chi connectivity index (χ1v) is 2.97. The zero-order valence-corrected chi connectivity index (χ0v) is 5.21. The molecule has 60 valence electrons. The smallest absolute Gasteiger partial charge is 0.184 e. The SMILES string of the molecule is O[13CH2][13C@@H]1O[13CH](O)[13C@@H](O)[13C@H]1O. The fourth-order valence-corrected chi connectivity index (χ4v) is 0.880. The van der Waals surface area contributed by atoms with Crippen LogP contribution in [0.4, 0.5) is 0 Å². The van der Waals surface area contributed by atoms with E-state index < -0.39 is 31.2 Å². The van der Waals surface area contributed by atoms with E-state index >= 15 is 0 Å². The topological polar surface area (TPSA) is 90.2 Å². The first kappa shape index (κ1) is 7.90. The Bertz CT molecular complexity index is 117. The molecule has 0 aliphatic carbocycles. The highest BCUT2D eigenvalue weighted by Gasteiger charge is 2.41. The van der Waals surface area contributed by atoms with Gasteiger partial charge in [0.1, 0.15) is 18.3 Å². The van der Waals surface area contributed by atoms with Gasteiger partial charge >= 0.3 is 0 Å². The number of aliphatic hydroxyl groups excluding tert-OH is 4. The molecular weight excluding hydrogens is 145 g/mol. The van der Waals surface area contributed by atoms with Gasteiger partial charge in [-0.25, -0.2) is 0 Å². The van der Waals surface area contributed by atoms with E-state index in [2.05, 4.69) is 4.74 Å². The van der Waals surface area contributed by atoms with Crippen molar-refractivity contribution in [1.29, 1.82) is 0 Å². The van der Waals surface area contributed by atoms with E-state index in [-0.39, 0.29) is 0 Å². The minimum Gasteiger partial charge on any atom is -0.394 e. The van der Waals surface area contributed by atoms with Crippen LogP contribution in [0.2, 0.25) is 0 Å². The van der Waals surface area contributed by atoms with Crippen molar-refractivity contribution < 1.29 is 25.2 Å². The normalized spacial score (nSPS) is 48.0. The standard InChI is InChI=1S/C5H10O5/c6-1-2-3(7)4(8)5(9)10-2/h2-9H,1H2/t2-,3-,4-,5?/m0/s1/i1+1,2+1,3+1,4+1,5+1. The maximum atomic E-state index is 8.93. The first-order chi connectivity index (χ1) is 4.66. The van der Waals surface area contributed by atoms with Gasteiger partial charge in [0, 0.05) is 0 Å². The van der Waals surface area contributed by atoms with E-state index in [0.717, 1.165) is 0 Å². The van der Waals surface area contributed by atoms with Crippen LogP contribution in [0.25, 0.3) is 0 Å². The van der Waals surface area contributed by atoms with Crippen molar-refractivity contribution >= 4 is 0 Å². The molecule has 4 N–H and O–H groups in total. The third kappa shape index (κ3) is 1.14. The lowest BCUT2D eigenvalue weighted by Gasteiger charge is -2.09. The van der Waals surface area contributed by atoms with E-state index in [9.17, 15) is 0 Å². The van der Waals surface area contributed by atoms with Crippen molar-refractivity contribution in [2.45, 2.75) is 24.6 Å². The van der Waals surface area contributed by atoms with E-state index in [1.807, 2.05) is 0 Å². The van der Waals surface area contributed by atoms with Gasteiger partial charge in [0.15, 0.2) is 6.29 Å². The van der Waals surface area contributed by atoms with Crippen LogP contribution in [0.1, 0.15) is 0 Å². The molecule has 0 radical (unpaired) electrons. The first-order valence-electron chi connectivity index (χ1n) is 2.97. The lowest BCUT2D eigenvalue weighted by molar-refractivity contribution is -0.132. The minimum absolute atomic E-state index is 0.407. The van der Waals surface area contributed by atoms with Crippen molar-refractivity contribution in [3.05, 3.63) is 0 Å². The molecule has 1 fully saturated rings. The second-order valence-corrected chi connectivity index (χ2v) is 2.23. The van der Waals surface area contributed by atoms with Crippen LogP contribution < -0.4 is 0 Å². The van der Waals surface area contributed by atoms with Crippen LogP contribution in [-0.2, 0) is 4.74 Å². The summed E-state index contributed by atoms with van der Waals surface area (Å²) in [7, 11) is 0. The predicted molar refractivity (Wildman–Crippen MR) is 30.0 cm³/mol. The Balaban J connectivity index is 2.53. The van der Waals surface area contributed by atoms with Gasteiger partial charge in [-0.3, -0.25) is 0 Å². The molecule has 1 heterocycles. The second-order valence-electron chi connectivity index (χ2n) is 2.23. The fraction of sp³-hybridized carbons (Fsp3) is 1.00. The Morgan fingerprint density at radius 2 is 1.70 bits per heavy atom. The van der Waals surface area contributed by atoms with Gasteiger partial charge in [0.05, 0.1) is 6.61 Å². The van der Waals surface area contributed by atoms with Crippen LogP contribution in [0.15, 0.2) is 0 Å². The second kappa shape index (κ2) is 2.81. The maximum Gasteiger partial charge on any atom is 0.184 e. The molecule has 0 bridgehead atoms. The molecule has 1 aliphatic rings. The summed E-state index contributed by atoms with van der Waals surface area (Å²) in [5.41, 5.74) is 0. The summed E-state index contributed by atoms with van der Waals surface area (Å²) in [6.07, 6.45) is -4.76. The highest BCUT2D eigenvalue weighted by atomic mass is 16.8. The average Bonchev–Trinajstić information content (AvgIpc) is 2.17. The number of rotatable bonds is 1. The van der Waals surface area contributed by atoms with E-state index in [0.29, 0.717) is 0 Å². The number of aliphatic hydroxyl groups is 4. The van der Waals surface area contributed by atoms with Crippen LogP contribution in [-0.4, -0.2) is 51.6 Å². The van der Waals surface area contributed by atoms with E-state index in [1.165, 1.54) is 0 Å². The summed E-state index contributed by atoms with van der Waals surface area (Å²) in [4.78, 5) is 0. The van der Waals surface area contributed by atoms with Crippen molar-refractivity contribution in [3.63, 3.8) is 0 Å². The molecule has 0 saturated carbocycles. The van der Waals surface area contributed by atoms with E-state index in [1.54, 1.807) is 0 Å². The summed E-state index contributed by atoms with van der Waals surface area (Å²) in [5.74, 6) is 0. The number of ether oxygens (including phenoxy) is 1. The molecule has 5 nitrogen and oxygen atoms in total. The molecule has 0 aromatic rings. The molecule has 0 amide bonds. The van der Waals surface area contributed by atoms with Crippen molar-refractivity contribution in [2.24, 2.45) is 0 Å². The molecule has 0 aromatic heterocycles. The van der Waals surface area contributed by atoms with Crippen molar-refractivity contribution in [3.8, 4) is 0 Å². The number of hydrogen-bond donors (Lipinski definition) is 4. The van der Waals surface area contributed by atoms with Crippen LogP contribution >= 0.6 is 0 Å². The zero-order chi connectivity index (χ0) is 7.72. The van der Waals surface area contributed by atoms with Crippen LogP contribution in [0.3, 0.4) is 0 Å². The van der Waals surface area contributed by atoms with Gasteiger partial charge in [0.2, 0.25) is 0 Å². The third-order valence-electron chi connectivity index (χ3n) is 1.52. The summed E-state index contributed by atoms with van der Waals surface area (Å²) in [6, 6.07) is 0. The Morgan fingerprint density at radius 3 is 1.90 bits per heavy atom. The molecule has 1 saturated heterocycles. The summed E-state index contributed by atoms with van der Waals surface area (Å²) in [6.45, 7) is -0.407. The highest BCUT2D eigenvalue weighted by Crippen LogP contribution is 2.18. The van der Waals surface area contributed by atoms with Gasteiger partial charge in [-0.1, -0.05) is 0 Å². The summed E-state index contributed by atoms with van der Waals surface area (Å²) < 4.78 is 4.54. The van der Waals surface area contributed by atoms with Gasteiger partial charge in [-0.2, -0.15) is 0 Å². The molecule has 1 unspecified atom stereocenters. The molecule has 10 heavy (non-hydrogen) atoms. The van der Waals surface area contributed by atoms with Crippen LogP contribution in [0.5, 0.6) is 0 Å². The molecular formula is C5H10O5. The van der Waals surface area contributed by atoms with Crippen molar-refractivity contribution in [1.82, 2.24) is 0 Å². The molecule has 4 atom stereocenters. The largest absolute Gasteiger partial charge is 0.394 e. The Hall–Kier alpha value is -0.200. The zero-order valence-electron chi connectivity index (χ0n) is 5.21. The van der Waals surface area contributed by atoms with Gasteiger partial charge in [-0.15, -0.1) is 0 Å². The molecule has 1 rings (SSSR count). The number of hydrogen-bond acceptors (Lipinski definition) is 5. The Morgan fingerprint density at radius 1 is 1.10 bits per heavy atom. The Labute approximate surface area is 57.5 Å². The quantitative estimate of drug-likeness (QED) is 0.312. The molecule has 1 aliphatic heterocycles. The van der Waals surface area contributed by atoms with Gasteiger partial charge in [0.25, 0.3) is 0 Å². The maximum absolute atomic E-state index is 8.93. The molecule has 0 aromatic carbocycles. The van der Waals surface area contributed by atoms with Gasteiger partial charge in [-0.05, 0) is 0 Å². The minimum atomic E-state index is -1.38. The van der Waals surface area contributed by atoms with Crippen LogP contribution in [0, 0.1) is 0 Å². The molecule has 0 spiro atoms. The third-order valence-corrected chi connectivity index (χ3v) is 1.52. The lowest BCUT2D eigenvalue weighted by Crippen LogP contribution is -2.33. The monoisotopic (exact) mass is 155 g/mol. The summed E-state index contributed by atoms with van der Waals surface area (Å²) >= 11 is 0. The summed E-state index contributed by atoms with van der Waals surface area (Å²) in [5, 5.41) is 35.0. The Kier molecular flexibility index (Phi) is 2.22. The van der Waals surface area contributed by atoms with E-state index in [4.69, 9.17) is 20.4 Å². The average molecular weight is 155 g/mol.